The Hall–Kier alpha value is -2.08. The number of nitrogens with zero attached hydrogens (tertiary/aromatic N) is 1. The lowest BCUT2D eigenvalue weighted by Gasteiger charge is -2.12. The summed E-state index contributed by atoms with van der Waals surface area (Å²) in [4.78, 5) is 16.0. The molecule has 20 heavy (non-hydrogen) atoms. The van der Waals surface area contributed by atoms with Crippen LogP contribution in [0.5, 0.6) is 5.75 Å². The lowest BCUT2D eigenvalue weighted by molar-refractivity contribution is -0.274. The number of ether oxygens (including phenoxy) is 1. The summed E-state index contributed by atoms with van der Waals surface area (Å²) in [5, 5.41) is 0.0549. The molecule has 0 unspecified atom stereocenters. The minimum absolute atomic E-state index is 0.0549. The van der Waals surface area contributed by atoms with Gasteiger partial charge in [0.15, 0.2) is 0 Å². The van der Waals surface area contributed by atoms with Gasteiger partial charge in [-0.25, -0.2) is 0 Å². The zero-order chi connectivity index (χ0) is 14.8. The number of carbonyl (C=O) groups is 1. The van der Waals surface area contributed by atoms with Gasteiger partial charge in [0.25, 0.3) is 0 Å². The van der Waals surface area contributed by atoms with Gasteiger partial charge in [0.1, 0.15) is 11.4 Å². The molecule has 0 saturated carbocycles. The van der Waals surface area contributed by atoms with Gasteiger partial charge in [-0.2, -0.15) is 0 Å². The summed E-state index contributed by atoms with van der Waals surface area (Å²) in [6.45, 7) is 0. The highest BCUT2D eigenvalue weighted by molar-refractivity contribution is 6.34. The molecule has 0 saturated heterocycles. The van der Waals surface area contributed by atoms with Crippen LogP contribution in [0.3, 0.4) is 0 Å². The van der Waals surface area contributed by atoms with Crippen molar-refractivity contribution in [3.63, 3.8) is 0 Å². The number of ketones is 1. The van der Waals surface area contributed by atoms with E-state index in [-0.39, 0.29) is 16.3 Å². The van der Waals surface area contributed by atoms with Crippen LogP contribution in [-0.2, 0) is 0 Å². The Morgan fingerprint density at radius 3 is 2.50 bits per heavy atom. The standard InChI is InChI=1S/C13H7ClF3NO2/c14-9-5-3-7-18-11(9)12(19)8-4-1-2-6-10(8)20-13(15,16)17/h1-7H. The topological polar surface area (TPSA) is 39.2 Å². The molecule has 0 amide bonds. The molecule has 2 aromatic rings. The third-order valence-corrected chi connectivity index (χ3v) is 2.64. The maximum absolute atomic E-state index is 12.3. The molecule has 0 atom stereocenters. The number of halogens is 4. The lowest BCUT2D eigenvalue weighted by atomic mass is 10.1. The zero-order valence-corrected chi connectivity index (χ0v) is 10.6. The summed E-state index contributed by atoms with van der Waals surface area (Å²) in [7, 11) is 0. The maximum atomic E-state index is 12.3. The molecule has 0 bridgehead atoms. The van der Waals surface area contributed by atoms with Gasteiger partial charge in [-0.05, 0) is 24.3 Å². The molecule has 0 aliphatic carbocycles. The third-order valence-electron chi connectivity index (χ3n) is 2.33. The van der Waals surface area contributed by atoms with Gasteiger partial charge in [0.2, 0.25) is 5.78 Å². The van der Waals surface area contributed by atoms with Crippen LogP contribution < -0.4 is 4.74 Å². The van der Waals surface area contributed by atoms with Gasteiger partial charge < -0.3 is 4.74 Å². The fraction of sp³-hybridized carbons (Fsp3) is 0.0769. The minimum atomic E-state index is -4.88. The van der Waals surface area contributed by atoms with Crippen LogP contribution in [0, 0.1) is 0 Å². The first-order valence-electron chi connectivity index (χ1n) is 5.38. The number of alkyl halides is 3. The molecule has 0 spiro atoms. The van der Waals surface area contributed by atoms with E-state index in [4.69, 9.17) is 11.6 Å². The summed E-state index contributed by atoms with van der Waals surface area (Å²) < 4.78 is 40.7. The molecule has 1 aromatic heterocycles. The van der Waals surface area contributed by atoms with Gasteiger partial charge >= 0.3 is 6.36 Å². The van der Waals surface area contributed by atoms with Crippen LogP contribution in [0.4, 0.5) is 13.2 Å². The van der Waals surface area contributed by atoms with Crippen molar-refractivity contribution in [2.75, 3.05) is 0 Å². The third kappa shape index (κ3) is 3.27. The largest absolute Gasteiger partial charge is 0.573 e. The lowest BCUT2D eigenvalue weighted by Crippen LogP contribution is -2.19. The van der Waals surface area contributed by atoms with Gasteiger partial charge in [0, 0.05) is 6.20 Å². The SMILES string of the molecule is O=C(c1ccccc1OC(F)(F)F)c1ncccc1Cl. The highest BCUT2D eigenvalue weighted by Crippen LogP contribution is 2.28. The Morgan fingerprint density at radius 1 is 1.15 bits per heavy atom. The number of rotatable bonds is 3. The average Bonchev–Trinajstić information content (AvgIpc) is 2.37. The highest BCUT2D eigenvalue weighted by Gasteiger charge is 2.33. The van der Waals surface area contributed by atoms with E-state index in [0.717, 1.165) is 6.07 Å². The number of para-hydroxylation sites is 1. The molecule has 0 fully saturated rings. The fourth-order valence-electron chi connectivity index (χ4n) is 1.55. The van der Waals surface area contributed by atoms with Crippen LogP contribution >= 0.6 is 11.6 Å². The van der Waals surface area contributed by atoms with Crippen LogP contribution in [0.25, 0.3) is 0 Å². The van der Waals surface area contributed by atoms with E-state index in [1.54, 1.807) is 0 Å². The molecule has 0 aliphatic heterocycles. The predicted octanol–water partition coefficient (Wildman–Crippen LogP) is 3.86. The number of benzene rings is 1. The minimum Gasteiger partial charge on any atom is -0.405 e. The first-order valence-corrected chi connectivity index (χ1v) is 5.76. The molecule has 0 N–H and O–H groups in total. The molecule has 1 heterocycles. The van der Waals surface area contributed by atoms with Crippen LogP contribution in [0.1, 0.15) is 16.1 Å². The number of hydrogen-bond acceptors (Lipinski definition) is 3. The van der Waals surface area contributed by atoms with Crippen molar-refractivity contribution >= 4 is 17.4 Å². The molecular formula is C13H7ClF3NO2. The maximum Gasteiger partial charge on any atom is 0.573 e. The van der Waals surface area contributed by atoms with Crippen molar-refractivity contribution in [2.24, 2.45) is 0 Å². The molecule has 3 nitrogen and oxygen atoms in total. The summed E-state index contributed by atoms with van der Waals surface area (Å²) in [6.07, 6.45) is -3.56. The number of carbonyl (C=O) groups excluding carboxylic acids is 1. The van der Waals surface area contributed by atoms with Crippen molar-refractivity contribution in [2.45, 2.75) is 6.36 Å². The van der Waals surface area contributed by atoms with Crippen molar-refractivity contribution in [3.8, 4) is 5.75 Å². The van der Waals surface area contributed by atoms with E-state index in [0.29, 0.717) is 0 Å². The highest BCUT2D eigenvalue weighted by atomic mass is 35.5. The van der Waals surface area contributed by atoms with E-state index in [1.807, 2.05) is 0 Å². The summed E-state index contributed by atoms with van der Waals surface area (Å²) in [6, 6.07) is 7.96. The second-order valence-corrected chi connectivity index (χ2v) is 4.11. The first-order chi connectivity index (χ1) is 9.38. The quantitative estimate of drug-likeness (QED) is 0.808. The van der Waals surface area contributed by atoms with Crippen molar-refractivity contribution in [3.05, 3.63) is 58.9 Å². The van der Waals surface area contributed by atoms with Gasteiger partial charge in [-0.3, -0.25) is 9.78 Å². The summed E-state index contributed by atoms with van der Waals surface area (Å²) >= 11 is 5.81. The van der Waals surface area contributed by atoms with Crippen molar-refractivity contribution in [1.29, 1.82) is 0 Å². The van der Waals surface area contributed by atoms with Crippen LogP contribution in [-0.4, -0.2) is 17.1 Å². The second-order valence-electron chi connectivity index (χ2n) is 3.71. The Morgan fingerprint density at radius 2 is 1.85 bits per heavy atom. The van der Waals surface area contributed by atoms with Crippen LogP contribution in [0.2, 0.25) is 5.02 Å². The Bertz CT molecular complexity index is 644. The monoisotopic (exact) mass is 301 g/mol. The van der Waals surface area contributed by atoms with E-state index >= 15 is 0 Å². The van der Waals surface area contributed by atoms with E-state index in [1.165, 1.54) is 36.5 Å². The first kappa shape index (κ1) is 14.3. The molecule has 0 aliphatic rings. The van der Waals surface area contributed by atoms with Crippen molar-refractivity contribution in [1.82, 2.24) is 4.98 Å². The Balaban J connectivity index is 2.43. The smallest absolute Gasteiger partial charge is 0.405 e. The number of hydrogen-bond donors (Lipinski definition) is 0. The van der Waals surface area contributed by atoms with Crippen molar-refractivity contribution < 1.29 is 22.7 Å². The number of aromatic nitrogens is 1. The summed E-state index contributed by atoms with van der Waals surface area (Å²) in [5.74, 6) is -1.33. The van der Waals surface area contributed by atoms with Crippen LogP contribution in [0.15, 0.2) is 42.6 Å². The van der Waals surface area contributed by atoms with E-state index in [2.05, 4.69) is 9.72 Å². The molecule has 0 radical (unpaired) electrons. The van der Waals surface area contributed by atoms with Gasteiger partial charge in [-0.15, -0.1) is 13.2 Å². The van der Waals surface area contributed by atoms with Gasteiger partial charge in [0.05, 0.1) is 10.6 Å². The van der Waals surface area contributed by atoms with E-state index < -0.39 is 17.9 Å². The predicted molar refractivity (Wildman–Crippen MR) is 65.8 cm³/mol. The zero-order valence-electron chi connectivity index (χ0n) is 9.82. The van der Waals surface area contributed by atoms with Gasteiger partial charge in [-0.1, -0.05) is 23.7 Å². The fourth-order valence-corrected chi connectivity index (χ4v) is 1.76. The van der Waals surface area contributed by atoms with E-state index in [9.17, 15) is 18.0 Å². The average molecular weight is 302 g/mol. The number of pyridine rings is 1. The molecular weight excluding hydrogens is 295 g/mol. The normalized spacial score (nSPS) is 11.2. The molecule has 7 heteroatoms. The molecule has 1 aromatic carbocycles. The second kappa shape index (κ2) is 5.50. The molecule has 2 rings (SSSR count). The Labute approximate surface area is 117 Å². The molecule has 104 valence electrons. The Kier molecular flexibility index (Phi) is 3.94. The summed E-state index contributed by atoms with van der Waals surface area (Å²) in [5.41, 5.74) is -0.391.